The van der Waals surface area contributed by atoms with Gasteiger partial charge in [-0.3, -0.25) is 4.79 Å². The molecule has 0 heterocycles. The first-order chi connectivity index (χ1) is 10.4. The van der Waals surface area contributed by atoms with Gasteiger partial charge >= 0.3 is 0 Å². The minimum absolute atomic E-state index is 0.0559. The van der Waals surface area contributed by atoms with Gasteiger partial charge in [-0.25, -0.2) is 8.42 Å². The zero-order valence-electron chi connectivity index (χ0n) is 12.4. The quantitative estimate of drug-likeness (QED) is 0.872. The van der Waals surface area contributed by atoms with Crippen molar-refractivity contribution in [3.8, 4) is 6.07 Å². The molecule has 0 saturated heterocycles. The molecule has 1 aromatic carbocycles. The highest BCUT2D eigenvalue weighted by Crippen LogP contribution is 2.30. The van der Waals surface area contributed by atoms with Gasteiger partial charge in [0, 0.05) is 7.05 Å². The van der Waals surface area contributed by atoms with E-state index in [9.17, 15) is 13.2 Å². The first kappa shape index (κ1) is 16.5. The largest absolute Gasteiger partial charge is 0.358 e. The zero-order valence-corrected chi connectivity index (χ0v) is 13.2. The van der Waals surface area contributed by atoms with Crippen molar-refractivity contribution in [3.05, 3.63) is 29.8 Å². The van der Waals surface area contributed by atoms with Crippen LogP contribution in [-0.2, 0) is 14.8 Å². The molecule has 1 saturated carbocycles. The Hall–Kier alpha value is -1.91. The SMILES string of the molecule is CNC(=O)C1(NS(=O)(=O)c2ccc(C#N)cc2)CCCCC1. The molecule has 0 bridgehead atoms. The summed E-state index contributed by atoms with van der Waals surface area (Å²) >= 11 is 0. The van der Waals surface area contributed by atoms with Crippen LogP contribution in [0.25, 0.3) is 0 Å². The van der Waals surface area contributed by atoms with Crippen molar-refractivity contribution in [2.45, 2.75) is 42.5 Å². The maximum Gasteiger partial charge on any atom is 0.241 e. The third-order valence-corrected chi connectivity index (χ3v) is 5.54. The fourth-order valence-electron chi connectivity index (χ4n) is 2.79. The highest BCUT2D eigenvalue weighted by molar-refractivity contribution is 7.89. The van der Waals surface area contributed by atoms with Gasteiger partial charge in [0.1, 0.15) is 5.54 Å². The van der Waals surface area contributed by atoms with E-state index in [1.807, 2.05) is 6.07 Å². The first-order valence-corrected chi connectivity index (χ1v) is 8.68. The normalized spacial score (nSPS) is 17.5. The van der Waals surface area contributed by atoms with E-state index in [-0.39, 0.29) is 10.8 Å². The summed E-state index contributed by atoms with van der Waals surface area (Å²) < 4.78 is 27.7. The number of hydrogen-bond donors (Lipinski definition) is 2. The molecule has 1 aliphatic carbocycles. The maximum atomic E-state index is 12.6. The lowest BCUT2D eigenvalue weighted by Gasteiger charge is -2.35. The summed E-state index contributed by atoms with van der Waals surface area (Å²) in [6.07, 6.45) is 3.59. The zero-order chi connectivity index (χ0) is 16.2. The van der Waals surface area contributed by atoms with Crippen LogP contribution in [0.5, 0.6) is 0 Å². The minimum Gasteiger partial charge on any atom is -0.358 e. The predicted octanol–water partition coefficient (Wildman–Crippen LogP) is 1.29. The number of nitrogens with one attached hydrogen (secondary N) is 2. The number of nitrogens with zero attached hydrogens (tertiary/aromatic N) is 1. The Morgan fingerprint density at radius 1 is 1.18 bits per heavy atom. The van der Waals surface area contributed by atoms with E-state index in [4.69, 9.17) is 5.26 Å². The Balaban J connectivity index is 2.31. The van der Waals surface area contributed by atoms with Crippen LogP contribution in [0.15, 0.2) is 29.2 Å². The summed E-state index contributed by atoms with van der Waals surface area (Å²) in [5.74, 6) is -0.301. The van der Waals surface area contributed by atoms with Crippen molar-refractivity contribution in [2.75, 3.05) is 7.05 Å². The molecule has 0 unspecified atom stereocenters. The Morgan fingerprint density at radius 2 is 1.77 bits per heavy atom. The van der Waals surface area contributed by atoms with Gasteiger partial charge in [0.25, 0.3) is 0 Å². The number of rotatable bonds is 4. The summed E-state index contributed by atoms with van der Waals surface area (Å²) in [5, 5.41) is 11.3. The van der Waals surface area contributed by atoms with Gasteiger partial charge in [-0.05, 0) is 37.1 Å². The number of carbonyl (C=O) groups is 1. The number of benzene rings is 1. The number of carbonyl (C=O) groups excluding carboxylic acids is 1. The molecule has 1 aliphatic rings. The average molecular weight is 321 g/mol. The van der Waals surface area contributed by atoms with Crippen LogP contribution in [0, 0.1) is 11.3 Å². The fraction of sp³-hybridized carbons (Fsp3) is 0.467. The van der Waals surface area contributed by atoms with Gasteiger partial charge in [-0.2, -0.15) is 9.98 Å². The molecule has 118 valence electrons. The number of nitriles is 1. The molecule has 0 radical (unpaired) electrons. The van der Waals surface area contributed by atoms with E-state index in [1.54, 1.807) is 0 Å². The Morgan fingerprint density at radius 3 is 2.27 bits per heavy atom. The summed E-state index contributed by atoms with van der Waals surface area (Å²) in [5.41, 5.74) is -0.697. The molecule has 7 heteroatoms. The number of likely N-dealkylation sites (N-methyl/N-ethyl adjacent to an activating group) is 1. The van der Waals surface area contributed by atoms with Gasteiger partial charge in [0.2, 0.25) is 15.9 Å². The standard InChI is InChI=1S/C15H19N3O3S/c1-17-14(19)15(9-3-2-4-10-15)18-22(20,21)13-7-5-12(11-16)6-8-13/h5-8,18H,2-4,9-10H2,1H3,(H,17,19). The highest BCUT2D eigenvalue weighted by atomic mass is 32.2. The van der Waals surface area contributed by atoms with Crippen molar-refractivity contribution >= 4 is 15.9 Å². The molecule has 0 atom stereocenters. The van der Waals surface area contributed by atoms with Crippen LogP contribution in [0.1, 0.15) is 37.7 Å². The smallest absolute Gasteiger partial charge is 0.241 e. The summed E-state index contributed by atoms with van der Waals surface area (Å²) in [7, 11) is -2.31. The van der Waals surface area contributed by atoms with E-state index in [0.717, 1.165) is 19.3 Å². The van der Waals surface area contributed by atoms with E-state index in [1.165, 1.54) is 31.3 Å². The van der Waals surface area contributed by atoms with Crippen LogP contribution < -0.4 is 10.0 Å². The monoisotopic (exact) mass is 321 g/mol. The van der Waals surface area contributed by atoms with Crippen LogP contribution in [0.3, 0.4) is 0 Å². The third-order valence-electron chi connectivity index (χ3n) is 3.99. The Kier molecular flexibility index (Phi) is 4.84. The highest BCUT2D eigenvalue weighted by Gasteiger charge is 2.42. The lowest BCUT2D eigenvalue weighted by molar-refractivity contribution is -0.127. The molecule has 1 amide bonds. The number of sulfonamides is 1. The van der Waals surface area contributed by atoms with Gasteiger partial charge in [-0.1, -0.05) is 19.3 Å². The first-order valence-electron chi connectivity index (χ1n) is 7.20. The molecule has 0 aliphatic heterocycles. The van der Waals surface area contributed by atoms with Crippen LogP contribution >= 0.6 is 0 Å². The van der Waals surface area contributed by atoms with Crippen molar-refractivity contribution < 1.29 is 13.2 Å². The summed E-state index contributed by atoms with van der Waals surface area (Å²) in [6, 6.07) is 7.59. The van der Waals surface area contributed by atoms with Gasteiger partial charge in [0.15, 0.2) is 0 Å². The second-order valence-corrected chi connectivity index (χ2v) is 7.15. The average Bonchev–Trinajstić information content (AvgIpc) is 2.54. The second kappa shape index (κ2) is 6.46. The van der Waals surface area contributed by atoms with E-state index >= 15 is 0 Å². The van der Waals surface area contributed by atoms with Crippen molar-refractivity contribution in [2.24, 2.45) is 0 Å². The molecule has 2 rings (SSSR count). The third kappa shape index (κ3) is 3.29. The van der Waals surface area contributed by atoms with E-state index in [2.05, 4.69) is 10.0 Å². The molecule has 22 heavy (non-hydrogen) atoms. The molecule has 0 spiro atoms. The minimum atomic E-state index is -3.82. The molecule has 1 fully saturated rings. The van der Waals surface area contributed by atoms with Crippen LogP contribution in [0.2, 0.25) is 0 Å². The maximum absolute atomic E-state index is 12.6. The Bertz CT molecular complexity index is 684. The van der Waals surface area contributed by atoms with E-state index < -0.39 is 15.6 Å². The van der Waals surface area contributed by atoms with Crippen molar-refractivity contribution in [1.82, 2.24) is 10.0 Å². The summed E-state index contributed by atoms with van der Waals surface area (Å²) in [4.78, 5) is 12.3. The van der Waals surface area contributed by atoms with Gasteiger partial charge in [-0.15, -0.1) is 0 Å². The summed E-state index contributed by atoms with van der Waals surface area (Å²) in [6.45, 7) is 0. The lowest BCUT2D eigenvalue weighted by atomic mass is 9.82. The van der Waals surface area contributed by atoms with Crippen molar-refractivity contribution in [3.63, 3.8) is 0 Å². The van der Waals surface area contributed by atoms with E-state index in [0.29, 0.717) is 18.4 Å². The van der Waals surface area contributed by atoms with Crippen molar-refractivity contribution in [1.29, 1.82) is 5.26 Å². The number of hydrogen-bond acceptors (Lipinski definition) is 4. The molecule has 1 aromatic rings. The van der Waals surface area contributed by atoms with Gasteiger partial charge < -0.3 is 5.32 Å². The van der Waals surface area contributed by atoms with Gasteiger partial charge in [0.05, 0.1) is 16.5 Å². The molecular weight excluding hydrogens is 302 g/mol. The topological polar surface area (TPSA) is 99.1 Å². The predicted molar refractivity (Wildman–Crippen MR) is 81.4 cm³/mol. The fourth-order valence-corrected chi connectivity index (χ4v) is 4.22. The number of amides is 1. The van der Waals surface area contributed by atoms with Crippen LogP contribution in [-0.4, -0.2) is 26.9 Å². The van der Waals surface area contributed by atoms with Crippen LogP contribution in [0.4, 0.5) is 0 Å². The molecule has 2 N–H and O–H groups in total. The Labute approximate surface area is 130 Å². The second-order valence-electron chi connectivity index (χ2n) is 5.46. The molecule has 6 nitrogen and oxygen atoms in total. The lowest BCUT2D eigenvalue weighted by Crippen LogP contribution is -2.58. The molecule has 0 aromatic heterocycles. The molecular formula is C15H19N3O3S.